The number of nitrogens with zero attached hydrogens (tertiary/aromatic N) is 3. The van der Waals surface area contributed by atoms with E-state index in [0.29, 0.717) is 5.82 Å². The van der Waals surface area contributed by atoms with E-state index in [1.807, 2.05) is 24.4 Å². The van der Waals surface area contributed by atoms with Crippen LogP contribution in [0.3, 0.4) is 0 Å². The fraction of sp³-hybridized carbons (Fsp3) is 0.231. The van der Waals surface area contributed by atoms with Gasteiger partial charge in [0.2, 0.25) is 5.69 Å². The average molecular weight is 288 g/mol. The fourth-order valence-corrected chi connectivity index (χ4v) is 2.63. The zero-order valence-electron chi connectivity index (χ0n) is 10.7. The number of hydrogen-bond donors (Lipinski definition) is 1. The fourth-order valence-electron chi connectivity index (χ4n) is 1.80. The number of nitro groups is 1. The lowest BCUT2D eigenvalue weighted by Gasteiger charge is -2.13. The molecule has 6 nitrogen and oxygen atoms in total. The Balaban J connectivity index is 2.10. The molecule has 0 aromatic carbocycles. The first-order chi connectivity index (χ1) is 9.60. The number of rotatable bonds is 5. The molecule has 2 heterocycles. The Kier molecular flexibility index (Phi) is 4.27. The standard InChI is InChI=1S/C13H12N4O2S/c1-9(7-10-3-2-6-20-10)15-13-5-4-12(17(18)19)11(8-14)16-13/h2-6,9H,7H2,1H3,(H,15,16). The summed E-state index contributed by atoms with van der Waals surface area (Å²) >= 11 is 1.67. The number of nitrogens with one attached hydrogen (secondary N) is 1. The molecule has 0 saturated heterocycles. The molecule has 0 aliphatic rings. The van der Waals surface area contributed by atoms with Gasteiger partial charge in [0, 0.05) is 23.4 Å². The van der Waals surface area contributed by atoms with Gasteiger partial charge in [-0.05, 0) is 24.4 Å². The molecule has 102 valence electrons. The third-order valence-corrected chi connectivity index (χ3v) is 3.56. The molecule has 0 bridgehead atoms. The molecule has 2 aromatic rings. The van der Waals surface area contributed by atoms with E-state index in [0.717, 1.165) is 6.42 Å². The first-order valence-electron chi connectivity index (χ1n) is 5.94. The molecular weight excluding hydrogens is 276 g/mol. The largest absolute Gasteiger partial charge is 0.367 e. The second-order valence-electron chi connectivity index (χ2n) is 4.26. The number of nitriles is 1. The van der Waals surface area contributed by atoms with E-state index >= 15 is 0 Å². The van der Waals surface area contributed by atoms with Crippen molar-refractivity contribution in [3.05, 3.63) is 50.3 Å². The molecule has 0 saturated carbocycles. The van der Waals surface area contributed by atoms with Gasteiger partial charge in [-0.15, -0.1) is 11.3 Å². The van der Waals surface area contributed by atoms with Gasteiger partial charge in [-0.2, -0.15) is 5.26 Å². The van der Waals surface area contributed by atoms with Crippen LogP contribution in [0.2, 0.25) is 0 Å². The highest BCUT2D eigenvalue weighted by molar-refractivity contribution is 7.09. The smallest absolute Gasteiger partial charge is 0.305 e. The summed E-state index contributed by atoms with van der Waals surface area (Å²) in [7, 11) is 0. The summed E-state index contributed by atoms with van der Waals surface area (Å²) in [6.45, 7) is 1.99. The molecule has 0 spiro atoms. The molecule has 1 unspecified atom stereocenters. The van der Waals surface area contributed by atoms with Crippen molar-refractivity contribution in [2.75, 3.05) is 5.32 Å². The van der Waals surface area contributed by atoms with Crippen molar-refractivity contribution >= 4 is 22.8 Å². The van der Waals surface area contributed by atoms with E-state index in [1.165, 1.54) is 17.0 Å². The van der Waals surface area contributed by atoms with Gasteiger partial charge >= 0.3 is 5.69 Å². The van der Waals surface area contributed by atoms with E-state index in [9.17, 15) is 10.1 Å². The average Bonchev–Trinajstić information content (AvgIpc) is 2.90. The molecule has 2 aromatic heterocycles. The lowest BCUT2D eigenvalue weighted by Crippen LogP contribution is -2.18. The maximum Gasteiger partial charge on any atom is 0.305 e. The van der Waals surface area contributed by atoms with Gasteiger partial charge in [0.15, 0.2) is 0 Å². The van der Waals surface area contributed by atoms with Crippen LogP contribution in [-0.2, 0) is 6.42 Å². The number of thiophene rings is 1. The number of anilines is 1. The van der Waals surface area contributed by atoms with Crippen LogP contribution in [0.5, 0.6) is 0 Å². The van der Waals surface area contributed by atoms with Crippen LogP contribution in [0.4, 0.5) is 11.5 Å². The highest BCUT2D eigenvalue weighted by atomic mass is 32.1. The Hall–Kier alpha value is -2.46. The Morgan fingerprint density at radius 1 is 1.55 bits per heavy atom. The van der Waals surface area contributed by atoms with Crippen molar-refractivity contribution in [2.45, 2.75) is 19.4 Å². The maximum absolute atomic E-state index is 10.7. The van der Waals surface area contributed by atoms with E-state index in [4.69, 9.17) is 5.26 Å². The summed E-state index contributed by atoms with van der Waals surface area (Å²) in [5, 5.41) is 24.8. The van der Waals surface area contributed by atoms with Crippen molar-refractivity contribution in [1.82, 2.24) is 4.98 Å². The molecule has 0 aliphatic carbocycles. The van der Waals surface area contributed by atoms with Crippen molar-refractivity contribution in [3.63, 3.8) is 0 Å². The predicted molar refractivity (Wildman–Crippen MR) is 76.7 cm³/mol. The van der Waals surface area contributed by atoms with Gasteiger partial charge in [-0.1, -0.05) is 6.07 Å². The number of pyridine rings is 1. The Morgan fingerprint density at radius 2 is 2.35 bits per heavy atom. The van der Waals surface area contributed by atoms with Crippen molar-refractivity contribution < 1.29 is 4.92 Å². The topological polar surface area (TPSA) is 91.9 Å². The normalized spacial score (nSPS) is 11.6. The molecule has 1 atom stereocenters. The van der Waals surface area contributed by atoms with Crippen molar-refractivity contribution in [2.24, 2.45) is 0 Å². The maximum atomic E-state index is 10.7. The van der Waals surface area contributed by atoms with Gasteiger partial charge in [-0.25, -0.2) is 4.98 Å². The second-order valence-corrected chi connectivity index (χ2v) is 5.29. The molecule has 20 heavy (non-hydrogen) atoms. The van der Waals surface area contributed by atoms with Crippen LogP contribution >= 0.6 is 11.3 Å². The summed E-state index contributed by atoms with van der Waals surface area (Å²) in [6.07, 6.45) is 0.832. The van der Waals surface area contributed by atoms with Crippen molar-refractivity contribution in [3.8, 4) is 6.07 Å². The SMILES string of the molecule is CC(Cc1cccs1)Nc1ccc([N+](=O)[O-])c(C#N)n1. The molecule has 0 fully saturated rings. The summed E-state index contributed by atoms with van der Waals surface area (Å²) in [6, 6.07) is 8.72. The Labute approximate surface area is 119 Å². The highest BCUT2D eigenvalue weighted by Crippen LogP contribution is 2.19. The van der Waals surface area contributed by atoms with Crippen LogP contribution in [0.25, 0.3) is 0 Å². The molecule has 2 rings (SSSR count). The Morgan fingerprint density at radius 3 is 2.95 bits per heavy atom. The summed E-state index contributed by atoms with van der Waals surface area (Å²) < 4.78 is 0. The van der Waals surface area contributed by atoms with Crippen LogP contribution < -0.4 is 5.32 Å². The minimum atomic E-state index is -0.607. The Bertz CT molecular complexity index is 649. The van der Waals surface area contributed by atoms with E-state index in [2.05, 4.69) is 10.3 Å². The lowest BCUT2D eigenvalue weighted by atomic mass is 10.2. The third-order valence-electron chi connectivity index (χ3n) is 2.66. The molecule has 7 heteroatoms. The lowest BCUT2D eigenvalue weighted by molar-refractivity contribution is -0.385. The third kappa shape index (κ3) is 3.30. The molecule has 1 N–H and O–H groups in total. The van der Waals surface area contributed by atoms with E-state index in [-0.39, 0.29) is 17.4 Å². The van der Waals surface area contributed by atoms with Gasteiger partial charge in [0.1, 0.15) is 11.9 Å². The summed E-state index contributed by atoms with van der Waals surface area (Å²) in [5.41, 5.74) is -0.452. The summed E-state index contributed by atoms with van der Waals surface area (Å²) in [5.74, 6) is 0.469. The van der Waals surface area contributed by atoms with Crippen LogP contribution in [0, 0.1) is 21.4 Å². The van der Waals surface area contributed by atoms with Gasteiger partial charge in [0.25, 0.3) is 0 Å². The number of aromatic nitrogens is 1. The van der Waals surface area contributed by atoms with E-state index in [1.54, 1.807) is 17.4 Å². The van der Waals surface area contributed by atoms with Crippen LogP contribution in [-0.4, -0.2) is 15.9 Å². The molecule has 0 amide bonds. The summed E-state index contributed by atoms with van der Waals surface area (Å²) in [4.78, 5) is 15.3. The van der Waals surface area contributed by atoms with Crippen LogP contribution in [0.15, 0.2) is 29.6 Å². The zero-order valence-corrected chi connectivity index (χ0v) is 11.6. The zero-order chi connectivity index (χ0) is 14.5. The monoisotopic (exact) mass is 288 g/mol. The van der Waals surface area contributed by atoms with E-state index < -0.39 is 4.92 Å². The predicted octanol–water partition coefficient (Wildman–Crippen LogP) is 2.97. The minimum Gasteiger partial charge on any atom is -0.367 e. The molecule has 0 aliphatic heterocycles. The highest BCUT2D eigenvalue weighted by Gasteiger charge is 2.16. The first-order valence-corrected chi connectivity index (χ1v) is 6.82. The minimum absolute atomic E-state index is 0.120. The number of hydrogen-bond acceptors (Lipinski definition) is 6. The van der Waals surface area contributed by atoms with Crippen molar-refractivity contribution in [1.29, 1.82) is 5.26 Å². The van der Waals surface area contributed by atoms with Gasteiger partial charge in [0.05, 0.1) is 4.92 Å². The molecule has 0 radical (unpaired) electrons. The molecular formula is C13H12N4O2S. The first kappa shape index (κ1) is 14.0. The second kappa shape index (κ2) is 6.12. The van der Waals surface area contributed by atoms with Gasteiger partial charge < -0.3 is 5.32 Å². The quantitative estimate of drug-likeness (QED) is 0.674. The van der Waals surface area contributed by atoms with Crippen LogP contribution in [0.1, 0.15) is 17.5 Å². The van der Waals surface area contributed by atoms with Gasteiger partial charge in [-0.3, -0.25) is 10.1 Å².